The van der Waals surface area contributed by atoms with Crippen LogP contribution < -0.4 is 25.4 Å². The molecule has 0 bridgehead atoms. The lowest BCUT2D eigenvalue weighted by molar-refractivity contribution is -0.125. The molecule has 1 atom stereocenters. The van der Waals surface area contributed by atoms with Crippen molar-refractivity contribution in [1.82, 2.24) is 20.9 Å². The number of aldehydes is 1. The highest BCUT2D eigenvalue weighted by molar-refractivity contribution is 6.23. The molecule has 3 aromatic rings. The number of allylic oxidation sites excluding steroid dienone is 1. The zero-order valence-electron chi connectivity index (χ0n) is 40.9. The van der Waals surface area contributed by atoms with Gasteiger partial charge < -0.3 is 49.5 Å². The number of rotatable bonds is 30. The third-order valence-corrected chi connectivity index (χ3v) is 11.1. The van der Waals surface area contributed by atoms with Crippen LogP contribution in [0.3, 0.4) is 0 Å². The Morgan fingerprint density at radius 1 is 0.809 bits per heavy atom. The van der Waals surface area contributed by atoms with E-state index in [0.717, 1.165) is 67.4 Å². The average Bonchev–Trinajstić information content (AvgIpc) is 3.59. The number of methoxy groups -OCH3 is 1. The number of nitrogens with zero attached hydrogens (tertiary/aromatic N) is 1. The van der Waals surface area contributed by atoms with Crippen LogP contribution in [-0.2, 0) is 47.9 Å². The zero-order valence-corrected chi connectivity index (χ0v) is 40.9. The van der Waals surface area contributed by atoms with Crippen molar-refractivity contribution in [2.75, 3.05) is 73.5 Å². The molecule has 0 saturated carbocycles. The highest BCUT2D eigenvalue weighted by atomic mass is 16.5. The zero-order chi connectivity index (χ0) is 49.4. The van der Waals surface area contributed by atoms with Crippen LogP contribution in [0.1, 0.15) is 122 Å². The van der Waals surface area contributed by atoms with Gasteiger partial charge in [0.25, 0.3) is 17.7 Å². The molecule has 2 heterocycles. The third-order valence-electron chi connectivity index (χ3n) is 11.1. The molecular weight excluding hydrogens is 869 g/mol. The van der Waals surface area contributed by atoms with Gasteiger partial charge in [-0.3, -0.25) is 24.1 Å². The van der Waals surface area contributed by atoms with Gasteiger partial charge in [-0.1, -0.05) is 76.4 Å². The van der Waals surface area contributed by atoms with Gasteiger partial charge in [-0.15, -0.1) is 0 Å². The topological polar surface area (TPSA) is 191 Å². The van der Waals surface area contributed by atoms with Crippen molar-refractivity contribution in [3.05, 3.63) is 101 Å². The number of ether oxygens (including phenoxy) is 5. The molecule has 15 heteroatoms. The van der Waals surface area contributed by atoms with Crippen LogP contribution in [0.15, 0.2) is 72.9 Å². The van der Waals surface area contributed by atoms with Gasteiger partial charge in [0.2, 0.25) is 5.91 Å². The molecule has 0 aromatic heterocycles. The molecule has 374 valence electrons. The molecule has 15 nitrogen and oxygen atoms in total. The number of benzene rings is 3. The Balaban J connectivity index is 0.000000353. The first-order chi connectivity index (χ1) is 33.1. The molecule has 2 aliphatic heterocycles. The van der Waals surface area contributed by atoms with Crippen molar-refractivity contribution < 1.29 is 52.8 Å². The van der Waals surface area contributed by atoms with E-state index in [1.165, 1.54) is 32.8 Å². The molecule has 4 N–H and O–H groups in total. The maximum atomic E-state index is 12.7. The van der Waals surface area contributed by atoms with E-state index >= 15 is 0 Å². The van der Waals surface area contributed by atoms with Gasteiger partial charge in [0.1, 0.15) is 18.1 Å². The number of unbranched alkanes of at least 4 members (excludes halogenated alkanes) is 5. The Morgan fingerprint density at radius 2 is 1.50 bits per heavy atom. The quantitative estimate of drug-likeness (QED) is 0.0297. The van der Waals surface area contributed by atoms with Gasteiger partial charge in [0, 0.05) is 31.8 Å². The molecule has 0 aliphatic carbocycles. The summed E-state index contributed by atoms with van der Waals surface area (Å²) >= 11 is 0. The lowest BCUT2D eigenvalue weighted by Gasteiger charge is -2.29. The number of carbonyl (C=O) groups excluding carboxylic acids is 5. The van der Waals surface area contributed by atoms with Crippen LogP contribution in [0.25, 0.3) is 0 Å². The van der Waals surface area contributed by atoms with E-state index in [1.807, 2.05) is 31.3 Å². The van der Waals surface area contributed by atoms with Crippen molar-refractivity contribution in [2.24, 2.45) is 0 Å². The van der Waals surface area contributed by atoms with E-state index in [2.05, 4.69) is 42.4 Å². The molecule has 4 amide bonds. The lowest BCUT2D eigenvalue weighted by Crippen LogP contribution is -2.51. The SMILES string of the molecule is C=C1CCC(N2C(=O)c3cccc(CCC=O)c3C2=O)C(=O)N1.CCCCCC.CNCCOCCOCCOCCCCCNC(=O)COc1cccc(CCCc2ccc(OC)c(O)c2)c1. The van der Waals surface area contributed by atoms with Gasteiger partial charge in [0.05, 0.1) is 51.3 Å². The number of imide groups is 1. The predicted octanol–water partition coefficient (Wildman–Crippen LogP) is 7.30. The van der Waals surface area contributed by atoms with Crippen LogP contribution in [0, 0.1) is 0 Å². The fraction of sp³-hybridized carbons (Fsp3) is 0.528. The Morgan fingerprint density at radius 3 is 2.16 bits per heavy atom. The van der Waals surface area contributed by atoms with E-state index < -0.39 is 17.9 Å². The van der Waals surface area contributed by atoms with Crippen LogP contribution in [0.4, 0.5) is 0 Å². The first-order valence-electron chi connectivity index (χ1n) is 24.2. The second-order valence-corrected chi connectivity index (χ2v) is 16.5. The highest BCUT2D eigenvalue weighted by Crippen LogP contribution is 2.31. The largest absolute Gasteiger partial charge is 0.504 e. The molecular formula is C53H76N4O11. The summed E-state index contributed by atoms with van der Waals surface area (Å²) in [5.41, 5.74) is 4.08. The van der Waals surface area contributed by atoms with Gasteiger partial charge in [-0.05, 0) is 112 Å². The highest BCUT2D eigenvalue weighted by Gasteiger charge is 2.44. The van der Waals surface area contributed by atoms with Crippen LogP contribution in [-0.4, -0.2) is 119 Å². The van der Waals surface area contributed by atoms with Crippen LogP contribution in [0.5, 0.6) is 17.2 Å². The first kappa shape index (κ1) is 56.7. The van der Waals surface area contributed by atoms with E-state index in [-0.39, 0.29) is 30.6 Å². The number of aryl methyl sites for hydroxylation is 3. The number of hydrogen-bond donors (Lipinski definition) is 4. The lowest BCUT2D eigenvalue weighted by atomic mass is 9.99. The Kier molecular flexibility index (Phi) is 28.2. The minimum Gasteiger partial charge on any atom is -0.504 e. The normalized spacial score (nSPS) is 14.0. The predicted molar refractivity (Wildman–Crippen MR) is 263 cm³/mol. The van der Waals surface area contributed by atoms with Crippen molar-refractivity contribution in [3.63, 3.8) is 0 Å². The fourth-order valence-corrected chi connectivity index (χ4v) is 7.42. The maximum absolute atomic E-state index is 12.7. The third kappa shape index (κ3) is 20.7. The van der Waals surface area contributed by atoms with Crippen molar-refractivity contribution in [3.8, 4) is 17.2 Å². The number of piperidine rings is 1. The molecule has 3 aromatic carbocycles. The van der Waals surface area contributed by atoms with E-state index in [9.17, 15) is 29.1 Å². The Bertz CT molecular complexity index is 2000. The number of nitrogens with one attached hydrogen (secondary N) is 3. The van der Waals surface area contributed by atoms with Gasteiger partial charge >= 0.3 is 0 Å². The first-order valence-corrected chi connectivity index (χ1v) is 24.2. The van der Waals surface area contributed by atoms with Crippen molar-refractivity contribution >= 4 is 29.9 Å². The summed E-state index contributed by atoms with van der Waals surface area (Å²) in [5.74, 6) is -0.0915. The second kappa shape index (κ2) is 33.8. The minimum atomic E-state index is -0.813. The standard InChI is InChI=1S/C30H46N2O7.C17H16N2O4.C6H14/c1-31-15-17-37-19-21-38-20-18-36-16-5-3-4-14-32-30(34)24-39-27-11-7-10-25(22-27)8-6-9-26-12-13-29(35-2)28(33)23-26;1-10-7-8-13(15(21)18-10)19-16(22)12-6-2-4-11(5-3-9-20)14(12)17(19)23;1-3-5-6-4-2/h7,10-13,22-23,31,33H,3-6,8-9,14-21,24H2,1-2H3,(H,32,34);2,4,6,9,13H,1,3,5,7-8H2,(H,18,21);3-6H2,1-2H3. The molecule has 1 fully saturated rings. The summed E-state index contributed by atoms with van der Waals surface area (Å²) < 4.78 is 27.2. The number of aromatic hydroxyl groups is 1. The summed E-state index contributed by atoms with van der Waals surface area (Å²) in [4.78, 5) is 61.2. The number of carbonyl (C=O) groups is 5. The average molecular weight is 945 g/mol. The second-order valence-electron chi connectivity index (χ2n) is 16.5. The van der Waals surface area contributed by atoms with Gasteiger partial charge in [0.15, 0.2) is 18.1 Å². The van der Waals surface area contributed by atoms with Crippen LogP contribution >= 0.6 is 0 Å². The molecule has 0 spiro atoms. The minimum absolute atomic E-state index is 0.00176. The molecule has 0 radical (unpaired) electrons. The maximum Gasteiger partial charge on any atom is 0.262 e. The molecule has 5 rings (SSSR count). The van der Waals surface area contributed by atoms with E-state index in [4.69, 9.17) is 23.7 Å². The Hall–Kier alpha value is -5.61. The van der Waals surface area contributed by atoms with Crippen molar-refractivity contribution in [1.29, 1.82) is 0 Å². The van der Waals surface area contributed by atoms with E-state index in [1.54, 1.807) is 30.3 Å². The van der Waals surface area contributed by atoms with Gasteiger partial charge in [-0.2, -0.15) is 0 Å². The number of likely N-dealkylation sites (N-methyl/N-ethyl adjacent to an activating group) is 1. The summed E-state index contributed by atoms with van der Waals surface area (Å²) in [5, 5.41) is 18.5. The fourth-order valence-electron chi connectivity index (χ4n) is 7.42. The number of hydrogen-bond acceptors (Lipinski definition) is 12. The van der Waals surface area contributed by atoms with Gasteiger partial charge in [-0.25, -0.2) is 0 Å². The summed E-state index contributed by atoms with van der Waals surface area (Å²) in [6, 6.07) is 17.5. The number of fused-ring (bicyclic) bond motifs is 1. The molecule has 2 aliphatic rings. The van der Waals surface area contributed by atoms with E-state index in [0.29, 0.717) is 99.3 Å². The summed E-state index contributed by atoms with van der Waals surface area (Å²) in [6.07, 6.45) is 13.4. The Labute approximate surface area is 403 Å². The molecule has 1 saturated heterocycles. The number of amides is 4. The monoisotopic (exact) mass is 945 g/mol. The number of phenolic OH excluding ortho intramolecular Hbond substituents is 1. The van der Waals surface area contributed by atoms with Crippen molar-refractivity contribution in [2.45, 2.75) is 110 Å². The molecule has 68 heavy (non-hydrogen) atoms. The smallest absolute Gasteiger partial charge is 0.262 e. The molecule has 1 unspecified atom stereocenters. The summed E-state index contributed by atoms with van der Waals surface area (Å²) in [7, 11) is 3.44. The van der Waals surface area contributed by atoms with Crippen LogP contribution in [0.2, 0.25) is 0 Å². The summed E-state index contributed by atoms with van der Waals surface area (Å²) in [6.45, 7) is 13.4. The number of phenols is 1.